The summed E-state index contributed by atoms with van der Waals surface area (Å²) in [6, 6.07) is 6.21. The fraction of sp³-hybridized carbons (Fsp3) is 0.588. The van der Waals surface area contributed by atoms with Gasteiger partial charge in [-0.3, -0.25) is 9.69 Å². The summed E-state index contributed by atoms with van der Waals surface area (Å²) in [4.78, 5) is 14.6. The lowest BCUT2D eigenvalue weighted by atomic mass is 9.98. The Labute approximate surface area is 120 Å². The number of likely N-dealkylation sites (tertiary alicyclic amines) is 1. The zero-order valence-corrected chi connectivity index (χ0v) is 12.0. The molecule has 1 aliphatic heterocycles. The number of Topliss-reactive ketones (excluding diaryl/α,β-unsaturated/α-hetero) is 1. The normalized spacial score (nSPS) is 22.8. The molecule has 1 aliphatic carbocycles. The Hall–Kier alpha value is -1.19. The van der Waals surface area contributed by atoms with Crippen LogP contribution in [0, 0.1) is 5.92 Å². The smallest absolute Gasteiger partial charge is 0.176 e. The average Bonchev–Trinajstić information content (AvgIpc) is 2.94. The minimum absolute atomic E-state index is 0.221. The van der Waals surface area contributed by atoms with Crippen LogP contribution in [-0.2, 0) is 12.8 Å². The van der Waals surface area contributed by atoms with Crippen molar-refractivity contribution in [3.05, 3.63) is 34.9 Å². The minimum Gasteiger partial charge on any atom is -0.396 e. The third kappa shape index (κ3) is 2.94. The number of benzene rings is 1. The lowest BCUT2D eigenvalue weighted by molar-refractivity contribution is 0.0833. The van der Waals surface area contributed by atoms with Gasteiger partial charge in [-0.15, -0.1) is 0 Å². The first-order valence-corrected chi connectivity index (χ1v) is 7.74. The Morgan fingerprint density at radius 2 is 2.10 bits per heavy atom. The van der Waals surface area contributed by atoms with Crippen molar-refractivity contribution in [1.82, 2.24) is 4.90 Å². The number of piperidine rings is 1. The SMILES string of the molecule is O=C(CN1CCCC(CO)C1)c1ccc2c(c1)CCC2. The van der Waals surface area contributed by atoms with E-state index in [0.29, 0.717) is 12.5 Å². The van der Waals surface area contributed by atoms with Crippen LogP contribution in [0.3, 0.4) is 0 Å². The topological polar surface area (TPSA) is 40.5 Å². The molecule has 1 unspecified atom stereocenters. The van der Waals surface area contributed by atoms with Gasteiger partial charge in [-0.05, 0) is 61.8 Å². The average molecular weight is 273 g/mol. The van der Waals surface area contributed by atoms with E-state index in [2.05, 4.69) is 17.0 Å². The van der Waals surface area contributed by atoms with Gasteiger partial charge in [0.05, 0.1) is 6.54 Å². The van der Waals surface area contributed by atoms with Gasteiger partial charge in [-0.25, -0.2) is 0 Å². The molecule has 1 aromatic carbocycles. The summed E-state index contributed by atoms with van der Waals surface area (Å²) in [7, 11) is 0. The fourth-order valence-electron chi connectivity index (χ4n) is 3.48. The van der Waals surface area contributed by atoms with Gasteiger partial charge in [-0.1, -0.05) is 12.1 Å². The van der Waals surface area contributed by atoms with Crippen LogP contribution in [-0.4, -0.2) is 42.0 Å². The summed E-state index contributed by atoms with van der Waals surface area (Å²) in [6.45, 7) is 2.57. The van der Waals surface area contributed by atoms with Crippen LogP contribution in [0.5, 0.6) is 0 Å². The zero-order chi connectivity index (χ0) is 13.9. The molecule has 108 valence electrons. The van der Waals surface area contributed by atoms with Crippen molar-refractivity contribution >= 4 is 5.78 Å². The van der Waals surface area contributed by atoms with Crippen LogP contribution in [0.25, 0.3) is 0 Å². The van der Waals surface area contributed by atoms with Crippen molar-refractivity contribution in [2.45, 2.75) is 32.1 Å². The Kier molecular flexibility index (Phi) is 4.18. The lowest BCUT2D eigenvalue weighted by Crippen LogP contribution is -2.39. The molecule has 1 aromatic rings. The standard InChI is InChI=1S/C17H23NO2/c19-12-13-3-2-8-18(10-13)11-17(20)16-7-6-14-4-1-5-15(14)9-16/h6-7,9,13,19H,1-5,8,10-12H2. The Morgan fingerprint density at radius 3 is 2.95 bits per heavy atom. The molecular formula is C17H23NO2. The van der Waals surface area contributed by atoms with Crippen LogP contribution in [0.1, 0.15) is 40.7 Å². The highest BCUT2D eigenvalue weighted by Gasteiger charge is 2.22. The maximum atomic E-state index is 12.4. The van der Waals surface area contributed by atoms with E-state index >= 15 is 0 Å². The van der Waals surface area contributed by atoms with Crippen molar-refractivity contribution in [1.29, 1.82) is 0 Å². The number of ketones is 1. The maximum absolute atomic E-state index is 12.4. The van der Waals surface area contributed by atoms with Gasteiger partial charge >= 0.3 is 0 Å². The summed E-state index contributed by atoms with van der Waals surface area (Å²) in [6.07, 6.45) is 5.67. The summed E-state index contributed by atoms with van der Waals surface area (Å²) in [5, 5.41) is 9.25. The number of carbonyl (C=O) groups excluding carboxylic acids is 1. The van der Waals surface area contributed by atoms with E-state index in [4.69, 9.17) is 0 Å². The first-order chi connectivity index (χ1) is 9.76. The highest BCUT2D eigenvalue weighted by Crippen LogP contribution is 2.23. The van der Waals surface area contributed by atoms with E-state index in [-0.39, 0.29) is 12.4 Å². The summed E-state index contributed by atoms with van der Waals surface area (Å²) in [5.74, 6) is 0.565. The number of hydrogen-bond acceptors (Lipinski definition) is 3. The largest absolute Gasteiger partial charge is 0.396 e. The first kappa shape index (κ1) is 13.8. The number of hydrogen-bond donors (Lipinski definition) is 1. The second-order valence-electron chi connectivity index (χ2n) is 6.19. The maximum Gasteiger partial charge on any atom is 0.176 e. The highest BCUT2D eigenvalue weighted by atomic mass is 16.3. The Morgan fingerprint density at radius 1 is 1.25 bits per heavy atom. The van der Waals surface area contributed by atoms with E-state index < -0.39 is 0 Å². The van der Waals surface area contributed by atoms with Gasteiger partial charge in [0, 0.05) is 18.7 Å². The van der Waals surface area contributed by atoms with Crippen molar-refractivity contribution in [3.8, 4) is 0 Å². The van der Waals surface area contributed by atoms with Crippen LogP contribution in [0.4, 0.5) is 0 Å². The van der Waals surface area contributed by atoms with Crippen LogP contribution in [0.15, 0.2) is 18.2 Å². The van der Waals surface area contributed by atoms with Gasteiger partial charge in [-0.2, -0.15) is 0 Å². The van der Waals surface area contributed by atoms with E-state index in [1.54, 1.807) is 0 Å². The molecule has 1 fully saturated rings. The Balaban J connectivity index is 1.64. The van der Waals surface area contributed by atoms with Crippen LogP contribution >= 0.6 is 0 Å². The van der Waals surface area contributed by atoms with E-state index in [1.807, 2.05) is 6.07 Å². The van der Waals surface area contributed by atoms with Crippen molar-refractivity contribution in [3.63, 3.8) is 0 Å². The van der Waals surface area contributed by atoms with Gasteiger partial charge in [0.15, 0.2) is 5.78 Å². The lowest BCUT2D eigenvalue weighted by Gasteiger charge is -2.31. The van der Waals surface area contributed by atoms with Crippen LogP contribution in [0.2, 0.25) is 0 Å². The molecule has 0 bridgehead atoms. The molecule has 2 aliphatic rings. The minimum atomic E-state index is 0.221. The van der Waals surface area contributed by atoms with Crippen molar-refractivity contribution < 1.29 is 9.90 Å². The number of aryl methyl sites for hydroxylation is 2. The molecule has 0 spiro atoms. The highest BCUT2D eigenvalue weighted by molar-refractivity contribution is 5.97. The molecule has 1 atom stereocenters. The first-order valence-electron chi connectivity index (χ1n) is 7.74. The summed E-state index contributed by atoms with van der Waals surface area (Å²) in [5.41, 5.74) is 3.64. The van der Waals surface area contributed by atoms with Crippen molar-refractivity contribution in [2.24, 2.45) is 5.92 Å². The quantitative estimate of drug-likeness (QED) is 0.854. The van der Waals surface area contributed by atoms with Gasteiger partial charge in [0.2, 0.25) is 0 Å². The van der Waals surface area contributed by atoms with E-state index in [0.717, 1.165) is 44.3 Å². The van der Waals surface area contributed by atoms with Crippen molar-refractivity contribution in [2.75, 3.05) is 26.2 Å². The molecule has 3 nitrogen and oxygen atoms in total. The van der Waals surface area contributed by atoms with E-state index in [1.165, 1.54) is 17.5 Å². The molecular weight excluding hydrogens is 250 g/mol. The number of nitrogens with zero attached hydrogens (tertiary/aromatic N) is 1. The van der Waals surface area contributed by atoms with Gasteiger partial charge in [0.1, 0.15) is 0 Å². The molecule has 20 heavy (non-hydrogen) atoms. The molecule has 1 N–H and O–H groups in total. The number of aliphatic hydroxyl groups excluding tert-OH is 1. The number of fused-ring (bicyclic) bond motifs is 1. The third-order valence-corrected chi connectivity index (χ3v) is 4.65. The molecule has 1 heterocycles. The third-order valence-electron chi connectivity index (χ3n) is 4.65. The molecule has 3 rings (SSSR count). The zero-order valence-electron chi connectivity index (χ0n) is 12.0. The molecule has 0 saturated carbocycles. The summed E-state index contributed by atoms with van der Waals surface area (Å²) < 4.78 is 0. The number of aliphatic hydroxyl groups is 1. The predicted molar refractivity (Wildman–Crippen MR) is 79.0 cm³/mol. The number of rotatable bonds is 4. The molecule has 1 saturated heterocycles. The van der Waals surface area contributed by atoms with Crippen LogP contribution < -0.4 is 0 Å². The molecule has 0 aromatic heterocycles. The molecule has 0 radical (unpaired) electrons. The predicted octanol–water partition coefficient (Wildman–Crippen LogP) is 2.06. The second kappa shape index (κ2) is 6.06. The number of carbonyl (C=O) groups is 1. The Bertz CT molecular complexity index is 498. The van der Waals surface area contributed by atoms with Gasteiger partial charge < -0.3 is 5.11 Å². The van der Waals surface area contributed by atoms with E-state index in [9.17, 15) is 9.90 Å². The summed E-state index contributed by atoms with van der Waals surface area (Å²) >= 11 is 0. The van der Waals surface area contributed by atoms with Gasteiger partial charge in [0.25, 0.3) is 0 Å². The molecule has 3 heteroatoms. The second-order valence-corrected chi connectivity index (χ2v) is 6.19. The molecule has 0 amide bonds. The fourth-order valence-corrected chi connectivity index (χ4v) is 3.48. The monoisotopic (exact) mass is 273 g/mol.